The van der Waals surface area contributed by atoms with Gasteiger partial charge < -0.3 is 10.6 Å². The van der Waals surface area contributed by atoms with Crippen LogP contribution >= 0.6 is 15.9 Å². The molecule has 138 valence electrons. The molecule has 1 heterocycles. The minimum Gasteiger partial charge on any atom is -0.376 e. The van der Waals surface area contributed by atoms with Crippen LogP contribution in [-0.4, -0.2) is 32.7 Å². The van der Waals surface area contributed by atoms with E-state index in [2.05, 4.69) is 42.1 Å². The van der Waals surface area contributed by atoms with Crippen molar-refractivity contribution < 1.29 is 4.79 Å². The first-order chi connectivity index (χ1) is 13.1. The van der Waals surface area contributed by atoms with Crippen LogP contribution in [0.1, 0.15) is 24.4 Å². The van der Waals surface area contributed by atoms with Gasteiger partial charge in [-0.3, -0.25) is 4.79 Å². The standard InChI is InChI=1S/C19H19BrN6O/c1-12-5-8-17(16(20)9-12)22-18(27)11-21-14-4-2-3-13(10-14)19-23-24-25-26(19)15-6-7-15/h2-5,8-10,15,21H,6-7,11H2,1H3,(H,22,27). The Morgan fingerprint density at radius 2 is 2.11 bits per heavy atom. The van der Waals surface area contributed by atoms with E-state index in [1.165, 1.54) is 0 Å². The molecular formula is C19H19BrN6O. The normalized spacial score (nSPS) is 13.4. The number of nitrogens with one attached hydrogen (secondary N) is 2. The minimum absolute atomic E-state index is 0.118. The summed E-state index contributed by atoms with van der Waals surface area (Å²) in [6.07, 6.45) is 2.23. The molecule has 0 bridgehead atoms. The van der Waals surface area contributed by atoms with Crippen LogP contribution < -0.4 is 10.6 Å². The lowest BCUT2D eigenvalue weighted by Crippen LogP contribution is -2.22. The molecule has 0 radical (unpaired) electrons. The number of nitrogens with zero attached hydrogens (tertiary/aromatic N) is 4. The zero-order valence-corrected chi connectivity index (χ0v) is 16.4. The number of carbonyl (C=O) groups excluding carboxylic acids is 1. The first kappa shape index (κ1) is 17.7. The third-order valence-electron chi connectivity index (χ3n) is 4.36. The molecule has 2 N–H and O–H groups in total. The van der Waals surface area contributed by atoms with E-state index in [0.29, 0.717) is 6.04 Å². The molecule has 8 heteroatoms. The highest BCUT2D eigenvalue weighted by Gasteiger charge is 2.28. The fourth-order valence-corrected chi connectivity index (χ4v) is 3.41. The number of carbonyl (C=O) groups is 1. The molecule has 0 spiro atoms. The Morgan fingerprint density at radius 1 is 1.26 bits per heavy atom. The van der Waals surface area contributed by atoms with Crippen LogP contribution in [-0.2, 0) is 4.79 Å². The number of amides is 1. The molecule has 0 saturated heterocycles. The van der Waals surface area contributed by atoms with Crippen LogP contribution in [0.3, 0.4) is 0 Å². The van der Waals surface area contributed by atoms with E-state index < -0.39 is 0 Å². The van der Waals surface area contributed by atoms with E-state index in [9.17, 15) is 4.79 Å². The first-order valence-corrected chi connectivity index (χ1v) is 9.57. The Balaban J connectivity index is 1.41. The van der Waals surface area contributed by atoms with Gasteiger partial charge in [0.05, 0.1) is 18.3 Å². The molecular weight excluding hydrogens is 408 g/mol. The first-order valence-electron chi connectivity index (χ1n) is 8.78. The lowest BCUT2D eigenvalue weighted by molar-refractivity contribution is -0.114. The van der Waals surface area contributed by atoms with Gasteiger partial charge in [0.1, 0.15) is 0 Å². The molecule has 3 aromatic rings. The number of aryl methyl sites for hydroxylation is 1. The fourth-order valence-electron chi connectivity index (χ4n) is 2.82. The average molecular weight is 427 g/mol. The van der Waals surface area contributed by atoms with Gasteiger partial charge in [-0.1, -0.05) is 18.2 Å². The van der Waals surface area contributed by atoms with Crippen molar-refractivity contribution >= 4 is 33.2 Å². The second-order valence-corrected chi connectivity index (χ2v) is 7.50. The van der Waals surface area contributed by atoms with E-state index in [-0.39, 0.29) is 12.5 Å². The third kappa shape index (κ3) is 4.16. The van der Waals surface area contributed by atoms with Crippen molar-refractivity contribution in [2.45, 2.75) is 25.8 Å². The van der Waals surface area contributed by atoms with Crippen LogP contribution in [0.2, 0.25) is 0 Å². The van der Waals surface area contributed by atoms with Crippen LogP contribution in [0.25, 0.3) is 11.4 Å². The average Bonchev–Trinajstić information content (AvgIpc) is 3.39. The van der Waals surface area contributed by atoms with Crippen molar-refractivity contribution in [3.05, 3.63) is 52.5 Å². The summed E-state index contributed by atoms with van der Waals surface area (Å²) in [5.41, 5.74) is 3.66. The van der Waals surface area contributed by atoms with Gasteiger partial charge in [-0.25, -0.2) is 4.68 Å². The van der Waals surface area contributed by atoms with Crippen molar-refractivity contribution in [1.82, 2.24) is 20.2 Å². The summed E-state index contributed by atoms with van der Waals surface area (Å²) in [5.74, 6) is 0.641. The zero-order valence-electron chi connectivity index (χ0n) is 14.8. The number of aromatic nitrogens is 4. The number of hydrogen-bond acceptors (Lipinski definition) is 5. The number of hydrogen-bond donors (Lipinski definition) is 2. The Morgan fingerprint density at radius 3 is 2.89 bits per heavy atom. The Hall–Kier alpha value is -2.74. The van der Waals surface area contributed by atoms with E-state index in [1.807, 2.05) is 54.1 Å². The van der Waals surface area contributed by atoms with Gasteiger partial charge in [0.2, 0.25) is 5.91 Å². The van der Waals surface area contributed by atoms with Gasteiger partial charge in [-0.15, -0.1) is 5.10 Å². The summed E-state index contributed by atoms with van der Waals surface area (Å²) < 4.78 is 2.74. The monoisotopic (exact) mass is 426 g/mol. The van der Waals surface area contributed by atoms with Crippen LogP contribution in [0.15, 0.2) is 46.9 Å². The lowest BCUT2D eigenvalue weighted by Gasteiger charge is -2.10. The van der Waals surface area contributed by atoms with Crippen LogP contribution in [0, 0.1) is 6.92 Å². The second kappa shape index (κ2) is 7.48. The molecule has 1 fully saturated rings. The highest BCUT2D eigenvalue weighted by Crippen LogP contribution is 2.36. The number of halogens is 1. The van der Waals surface area contributed by atoms with Gasteiger partial charge >= 0.3 is 0 Å². The summed E-state index contributed by atoms with van der Waals surface area (Å²) >= 11 is 3.47. The fraction of sp³-hybridized carbons (Fsp3) is 0.263. The molecule has 1 aromatic heterocycles. The Labute approximate surface area is 165 Å². The highest BCUT2D eigenvalue weighted by atomic mass is 79.9. The maximum absolute atomic E-state index is 12.3. The molecule has 2 aromatic carbocycles. The van der Waals surface area contributed by atoms with Gasteiger partial charge in [0.25, 0.3) is 0 Å². The van der Waals surface area contributed by atoms with Crippen LogP contribution in [0.5, 0.6) is 0 Å². The molecule has 0 atom stereocenters. The quantitative estimate of drug-likeness (QED) is 0.625. The van der Waals surface area contributed by atoms with E-state index in [1.54, 1.807) is 0 Å². The maximum atomic E-state index is 12.3. The second-order valence-electron chi connectivity index (χ2n) is 6.64. The van der Waals surface area contributed by atoms with Crippen molar-refractivity contribution in [1.29, 1.82) is 0 Å². The molecule has 1 saturated carbocycles. The number of benzene rings is 2. The summed E-state index contributed by atoms with van der Waals surface area (Å²) in [5, 5.41) is 18.1. The Kier molecular flexibility index (Phi) is 4.89. The van der Waals surface area contributed by atoms with Gasteiger partial charge in [0, 0.05) is 15.7 Å². The molecule has 0 aliphatic heterocycles. The molecule has 4 rings (SSSR count). The van der Waals surface area contributed by atoms with Crippen molar-refractivity contribution in [3.8, 4) is 11.4 Å². The lowest BCUT2D eigenvalue weighted by atomic mass is 10.2. The van der Waals surface area contributed by atoms with Gasteiger partial charge in [0.15, 0.2) is 5.82 Å². The maximum Gasteiger partial charge on any atom is 0.243 e. The molecule has 7 nitrogen and oxygen atoms in total. The molecule has 1 aliphatic rings. The van der Waals surface area contributed by atoms with Crippen molar-refractivity contribution in [3.63, 3.8) is 0 Å². The van der Waals surface area contributed by atoms with Crippen LogP contribution in [0.4, 0.5) is 11.4 Å². The highest BCUT2D eigenvalue weighted by molar-refractivity contribution is 9.10. The van der Waals surface area contributed by atoms with E-state index >= 15 is 0 Å². The summed E-state index contributed by atoms with van der Waals surface area (Å²) in [6.45, 7) is 2.17. The molecule has 1 aliphatic carbocycles. The third-order valence-corrected chi connectivity index (χ3v) is 5.01. The largest absolute Gasteiger partial charge is 0.376 e. The molecule has 0 unspecified atom stereocenters. The summed E-state index contributed by atoms with van der Waals surface area (Å²) in [4.78, 5) is 12.3. The predicted molar refractivity (Wildman–Crippen MR) is 108 cm³/mol. The van der Waals surface area contributed by atoms with E-state index in [4.69, 9.17) is 0 Å². The molecule has 27 heavy (non-hydrogen) atoms. The molecule has 1 amide bonds. The topological polar surface area (TPSA) is 84.7 Å². The minimum atomic E-state index is -0.118. The van der Waals surface area contributed by atoms with Crippen molar-refractivity contribution in [2.75, 3.05) is 17.2 Å². The predicted octanol–water partition coefficient (Wildman–Crippen LogP) is 3.80. The zero-order chi connectivity index (χ0) is 18.8. The SMILES string of the molecule is Cc1ccc(NC(=O)CNc2cccc(-c3nnnn3C3CC3)c2)c(Br)c1. The van der Waals surface area contributed by atoms with Gasteiger partial charge in [-0.2, -0.15) is 0 Å². The number of anilines is 2. The summed E-state index contributed by atoms with van der Waals surface area (Å²) in [7, 11) is 0. The van der Waals surface area contributed by atoms with Gasteiger partial charge in [-0.05, 0) is 76.0 Å². The van der Waals surface area contributed by atoms with E-state index in [0.717, 1.165) is 45.6 Å². The van der Waals surface area contributed by atoms with Crippen molar-refractivity contribution in [2.24, 2.45) is 0 Å². The Bertz CT molecular complexity index is 982. The summed E-state index contributed by atoms with van der Waals surface area (Å²) in [6, 6.07) is 14.0. The number of rotatable bonds is 6. The smallest absolute Gasteiger partial charge is 0.243 e. The number of tetrazole rings is 1.